The minimum absolute atomic E-state index is 0.0857. The second kappa shape index (κ2) is 5.27. The average Bonchev–Trinajstić information content (AvgIpc) is 2.76. The van der Waals surface area contributed by atoms with Gasteiger partial charge in [-0.05, 0) is 25.6 Å². The van der Waals surface area contributed by atoms with Gasteiger partial charge in [0.25, 0.3) is 0 Å². The zero-order valence-electron chi connectivity index (χ0n) is 10.3. The fourth-order valence-corrected chi connectivity index (χ4v) is 1.90. The quantitative estimate of drug-likeness (QED) is 0.902. The summed E-state index contributed by atoms with van der Waals surface area (Å²) in [5.41, 5.74) is 0.852. The fourth-order valence-electron chi connectivity index (χ4n) is 1.90. The number of nitrogens with one attached hydrogen (secondary N) is 1. The van der Waals surface area contributed by atoms with E-state index in [-0.39, 0.29) is 18.0 Å². The fraction of sp³-hybridized carbons (Fsp3) is 0.308. The second-order valence-electron chi connectivity index (χ2n) is 4.21. The van der Waals surface area contributed by atoms with Crippen molar-refractivity contribution < 1.29 is 8.78 Å². The summed E-state index contributed by atoms with van der Waals surface area (Å²) in [5.74, 6) is -1.04. The Morgan fingerprint density at radius 1 is 1.33 bits per heavy atom. The minimum atomic E-state index is -0.522. The molecule has 0 spiro atoms. The second-order valence-corrected chi connectivity index (χ2v) is 4.21. The van der Waals surface area contributed by atoms with Crippen molar-refractivity contribution >= 4 is 0 Å². The van der Waals surface area contributed by atoms with E-state index in [4.69, 9.17) is 0 Å². The van der Waals surface area contributed by atoms with Gasteiger partial charge in [-0.15, -0.1) is 0 Å². The lowest BCUT2D eigenvalue weighted by atomic mass is 10.0. The third-order valence-corrected chi connectivity index (χ3v) is 2.90. The Labute approximate surface area is 104 Å². The van der Waals surface area contributed by atoms with Crippen LogP contribution >= 0.6 is 0 Å². The van der Waals surface area contributed by atoms with E-state index in [0.717, 1.165) is 5.69 Å². The minimum Gasteiger partial charge on any atom is -0.340 e. The summed E-state index contributed by atoms with van der Waals surface area (Å²) in [6.07, 6.45) is 3.73. The number of hydrogen-bond donors (Lipinski definition) is 1. The normalized spacial score (nSPS) is 12.7. The molecule has 0 radical (unpaired) electrons. The van der Waals surface area contributed by atoms with Gasteiger partial charge in [-0.3, -0.25) is 0 Å². The summed E-state index contributed by atoms with van der Waals surface area (Å²) in [6.45, 7) is 0. The molecule has 18 heavy (non-hydrogen) atoms. The zero-order valence-corrected chi connectivity index (χ0v) is 10.3. The number of likely N-dealkylation sites (N-methyl/N-ethyl adjacent to an activating group) is 1. The molecule has 1 unspecified atom stereocenters. The van der Waals surface area contributed by atoms with Gasteiger partial charge >= 0.3 is 0 Å². The molecule has 0 fully saturated rings. The van der Waals surface area contributed by atoms with Gasteiger partial charge < -0.3 is 9.88 Å². The summed E-state index contributed by atoms with van der Waals surface area (Å²) < 4.78 is 29.0. The van der Waals surface area contributed by atoms with E-state index >= 15 is 0 Å². The van der Waals surface area contributed by atoms with E-state index in [1.165, 1.54) is 18.2 Å². The average molecular weight is 251 g/mol. The molecule has 5 heteroatoms. The van der Waals surface area contributed by atoms with Crippen molar-refractivity contribution in [1.82, 2.24) is 14.9 Å². The van der Waals surface area contributed by atoms with Crippen molar-refractivity contribution in [3.63, 3.8) is 0 Å². The van der Waals surface area contributed by atoms with Crippen LogP contribution in [-0.2, 0) is 13.5 Å². The van der Waals surface area contributed by atoms with E-state index < -0.39 is 11.6 Å². The van der Waals surface area contributed by atoms with Gasteiger partial charge in [-0.25, -0.2) is 13.8 Å². The highest BCUT2D eigenvalue weighted by atomic mass is 19.1. The number of benzene rings is 1. The maximum atomic E-state index is 13.6. The molecule has 2 rings (SSSR count). The molecule has 1 aromatic carbocycles. The summed E-state index contributed by atoms with van der Waals surface area (Å²) in [6, 6.07) is 3.69. The van der Waals surface area contributed by atoms with E-state index in [1.54, 1.807) is 17.9 Å². The maximum absolute atomic E-state index is 13.6. The van der Waals surface area contributed by atoms with Crippen LogP contribution < -0.4 is 5.32 Å². The van der Waals surface area contributed by atoms with Gasteiger partial charge in [-0.2, -0.15) is 0 Å². The van der Waals surface area contributed by atoms with Crippen molar-refractivity contribution in [2.45, 2.75) is 12.5 Å². The first-order valence-electron chi connectivity index (χ1n) is 5.70. The number of halogens is 2. The smallest absolute Gasteiger partial charge is 0.129 e. The molecule has 0 bridgehead atoms. The molecule has 1 heterocycles. The standard InChI is InChI=1S/C13H15F2N3/c1-16-12(13-7-18(2)8-17-13)6-9-10(14)4-3-5-11(9)15/h3-5,7-8,12,16H,6H2,1-2H3. The Bertz CT molecular complexity index is 517. The molecule has 3 nitrogen and oxygen atoms in total. The molecular weight excluding hydrogens is 236 g/mol. The van der Waals surface area contributed by atoms with Crippen molar-refractivity contribution in [3.8, 4) is 0 Å². The van der Waals surface area contributed by atoms with Gasteiger partial charge in [0, 0.05) is 18.8 Å². The third-order valence-electron chi connectivity index (χ3n) is 2.90. The number of nitrogens with zero attached hydrogens (tertiary/aromatic N) is 2. The molecule has 0 aliphatic heterocycles. The SMILES string of the molecule is CNC(Cc1c(F)cccc1F)c1cn(C)cn1. The molecule has 1 aromatic heterocycles. The Morgan fingerprint density at radius 2 is 2.00 bits per heavy atom. The van der Waals surface area contributed by atoms with Crippen molar-refractivity contribution in [2.24, 2.45) is 7.05 Å². The van der Waals surface area contributed by atoms with Crippen LogP contribution in [0.2, 0.25) is 0 Å². The van der Waals surface area contributed by atoms with Gasteiger partial charge in [0.2, 0.25) is 0 Å². The molecule has 1 atom stereocenters. The van der Waals surface area contributed by atoms with Crippen LogP contribution in [-0.4, -0.2) is 16.6 Å². The summed E-state index contributed by atoms with van der Waals surface area (Å²) in [7, 11) is 3.60. The number of aromatic nitrogens is 2. The molecule has 1 N–H and O–H groups in total. The van der Waals surface area contributed by atoms with E-state index in [0.29, 0.717) is 0 Å². The molecule has 0 aliphatic rings. The largest absolute Gasteiger partial charge is 0.340 e. The Kier molecular flexibility index (Phi) is 3.72. The number of rotatable bonds is 4. The highest BCUT2D eigenvalue weighted by Gasteiger charge is 2.17. The Balaban J connectivity index is 2.26. The molecule has 96 valence electrons. The lowest BCUT2D eigenvalue weighted by Gasteiger charge is -2.14. The van der Waals surface area contributed by atoms with Crippen molar-refractivity contribution in [3.05, 3.63) is 53.6 Å². The first kappa shape index (κ1) is 12.7. The van der Waals surface area contributed by atoms with E-state index in [1.807, 2.05) is 13.2 Å². The first-order valence-corrected chi connectivity index (χ1v) is 5.70. The van der Waals surface area contributed by atoms with Crippen LogP contribution in [0, 0.1) is 11.6 Å². The lowest BCUT2D eigenvalue weighted by Crippen LogP contribution is -2.20. The van der Waals surface area contributed by atoms with E-state index in [2.05, 4.69) is 10.3 Å². The topological polar surface area (TPSA) is 29.9 Å². The number of imidazole rings is 1. The predicted molar refractivity (Wildman–Crippen MR) is 65.1 cm³/mol. The monoisotopic (exact) mass is 251 g/mol. The van der Waals surface area contributed by atoms with Crippen LogP contribution in [0.25, 0.3) is 0 Å². The number of hydrogen-bond acceptors (Lipinski definition) is 2. The zero-order chi connectivity index (χ0) is 13.1. The van der Waals surface area contributed by atoms with Crippen molar-refractivity contribution in [2.75, 3.05) is 7.05 Å². The van der Waals surface area contributed by atoms with Crippen LogP contribution in [0.15, 0.2) is 30.7 Å². The van der Waals surface area contributed by atoms with Gasteiger partial charge in [0.15, 0.2) is 0 Å². The Morgan fingerprint density at radius 3 is 2.50 bits per heavy atom. The highest BCUT2D eigenvalue weighted by Crippen LogP contribution is 2.20. The highest BCUT2D eigenvalue weighted by molar-refractivity contribution is 5.22. The Hall–Kier alpha value is -1.75. The van der Waals surface area contributed by atoms with Crippen LogP contribution in [0.5, 0.6) is 0 Å². The predicted octanol–water partition coefficient (Wildman–Crippen LogP) is 2.20. The molecular formula is C13H15F2N3. The van der Waals surface area contributed by atoms with Gasteiger partial charge in [0.1, 0.15) is 11.6 Å². The summed E-state index contributed by atoms with van der Waals surface area (Å²) >= 11 is 0. The molecule has 0 aliphatic carbocycles. The van der Waals surface area contributed by atoms with Crippen molar-refractivity contribution in [1.29, 1.82) is 0 Å². The maximum Gasteiger partial charge on any atom is 0.129 e. The van der Waals surface area contributed by atoms with Gasteiger partial charge in [0.05, 0.1) is 18.1 Å². The molecule has 0 amide bonds. The van der Waals surface area contributed by atoms with Gasteiger partial charge in [-0.1, -0.05) is 6.07 Å². The molecule has 2 aromatic rings. The summed E-state index contributed by atoms with van der Waals surface area (Å²) in [5, 5.41) is 3.03. The van der Waals surface area contributed by atoms with E-state index in [9.17, 15) is 8.78 Å². The van der Waals surface area contributed by atoms with Crippen LogP contribution in [0.1, 0.15) is 17.3 Å². The lowest BCUT2D eigenvalue weighted by molar-refractivity contribution is 0.510. The third kappa shape index (κ3) is 2.56. The van der Waals surface area contributed by atoms with Crippen LogP contribution in [0.4, 0.5) is 8.78 Å². The van der Waals surface area contributed by atoms with Crippen LogP contribution in [0.3, 0.4) is 0 Å². The first-order chi connectivity index (χ1) is 8.61. The molecule has 0 saturated carbocycles. The number of aryl methyl sites for hydroxylation is 1. The summed E-state index contributed by atoms with van der Waals surface area (Å²) in [4.78, 5) is 4.20. The molecule has 0 saturated heterocycles.